The number of likely N-dealkylation sites (N-methyl/N-ethyl adjacent to an activating group) is 1. The molecular weight excluding hydrogens is 172 g/mol. The maximum atomic E-state index is 12.7. The first-order chi connectivity index (χ1) is 6.11. The van der Waals surface area contributed by atoms with Gasteiger partial charge in [-0.25, -0.2) is 8.78 Å². The number of halogens is 2. The van der Waals surface area contributed by atoms with Crippen molar-refractivity contribution < 1.29 is 8.78 Å². The van der Waals surface area contributed by atoms with Crippen LogP contribution in [0.2, 0.25) is 0 Å². The SMILES string of the molecule is CC/C(=C\C=C(\F)C(C)F)CNC. The summed E-state index contributed by atoms with van der Waals surface area (Å²) in [6.07, 6.45) is 2.15. The largest absolute Gasteiger partial charge is 0.316 e. The molecule has 0 aliphatic carbocycles. The van der Waals surface area contributed by atoms with Crippen LogP contribution < -0.4 is 5.32 Å². The van der Waals surface area contributed by atoms with Crippen molar-refractivity contribution in [2.75, 3.05) is 13.6 Å². The fraction of sp³-hybridized carbons (Fsp3) is 0.600. The van der Waals surface area contributed by atoms with Gasteiger partial charge in [0.15, 0.2) is 0 Å². The van der Waals surface area contributed by atoms with Crippen LogP contribution in [0, 0.1) is 0 Å². The molecule has 0 aromatic heterocycles. The summed E-state index contributed by atoms with van der Waals surface area (Å²) in [4.78, 5) is 0. The highest BCUT2D eigenvalue weighted by atomic mass is 19.2. The van der Waals surface area contributed by atoms with Crippen LogP contribution in [0.3, 0.4) is 0 Å². The molecule has 3 heteroatoms. The lowest BCUT2D eigenvalue weighted by atomic mass is 10.2. The van der Waals surface area contributed by atoms with Crippen LogP contribution in [-0.2, 0) is 0 Å². The zero-order valence-corrected chi connectivity index (χ0v) is 8.40. The third-order valence-corrected chi connectivity index (χ3v) is 1.72. The topological polar surface area (TPSA) is 12.0 Å². The van der Waals surface area contributed by atoms with E-state index >= 15 is 0 Å². The van der Waals surface area contributed by atoms with E-state index < -0.39 is 12.0 Å². The van der Waals surface area contributed by atoms with Crippen molar-refractivity contribution in [3.8, 4) is 0 Å². The highest BCUT2D eigenvalue weighted by molar-refractivity contribution is 5.17. The smallest absolute Gasteiger partial charge is 0.149 e. The summed E-state index contributed by atoms with van der Waals surface area (Å²) >= 11 is 0. The number of hydrogen-bond donors (Lipinski definition) is 1. The standard InChI is InChI=1S/C10H17F2N/c1-4-9(7-13-3)5-6-10(12)8(2)11/h5-6,8,13H,4,7H2,1-3H3/b9-5+,10-6+. The van der Waals surface area contributed by atoms with Gasteiger partial charge >= 0.3 is 0 Å². The Morgan fingerprint density at radius 1 is 1.46 bits per heavy atom. The van der Waals surface area contributed by atoms with Crippen molar-refractivity contribution in [3.63, 3.8) is 0 Å². The maximum Gasteiger partial charge on any atom is 0.149 e. The van der Waals surface area contributed by atoms with Gasteiger partial charge in [-0.3, -0.25) is 0 Å². The summed E-state index contributed by atoms with van der Waals surface area (Å²) < 4.78 is 25.0. The molecule has 0 saturated heterocycles. The molecule has 0 aromatic carbocycles. The molecule has 0 aromatic rings. The second-order valence-corrected chi connectivity index (χ2v) is 2.88. The summed E-state index contributed by atoms with van der Waals surface area (Å²) in [6, 6.07) is 0. The third-order valence-electron chi connectivity index (χ3n) is 1.72. The number of nitrogens with one attached hydrogen (secondary N) is 1. The third kappa shape index (κ3) is 5.53. The Hall–Kier alpha value is -0.700. The normalized spacial score (nSPS) is 16.1. The van der Waals surface area contributed by atoms with Crippen molar-refractivity contribution in [3.05, 3.63) is 23.6 Å². The van der Waals surface area contributed by atoms with Gasteiger partial charge in [0.1, 0.15) is 12.0 Å². The predicted octanol–water partition coefficient (Wildman–Crippen LogP) is 2.75. The molecule has 76 valence electrons. The molecule has 1 atom stereocenters. The number of allylic oxidation sites excluding steroid dienone is 3. The Morgan fingerprint density at radius 2 is 2.08 bits per heavy atom. The van der Waals surface area contributed by atoms with Gasteiger partial charge in [-0.15, -0.1) is 0 Å². The van der Waals surface area contributed by atoms with E-state index in [0.29, 0.717) is 6.54 Å². The van der Waals surface area contributed by atoms with Crippen LogP contribution in [0.4, 0.5) is 8.78 Å². The molecule has 1 unspecified atom stereocenters. The Kier molecular flexibility index (Phi) is 6.41. The van der Waals surface area contributed by atoms with E-state index in [1.54, 1.807) is 6.08 Å². The van der Waals surface area contributed by atoms with E-state index in [2.05, 4.69) is 5.32 Å². The van der Waals surface area contributed by atoms with Crippen LogP contribution >= 0.6 is 0 Å². The Morgan fingerprint density at radius 3 is 2.46 bits per heavy atom. The summed E-state index contributed by atoms with van der Waals surface area (Å²) in [5, 5.41) is 2.96. The molecule has 0 spiro atoms. The minimum atomic E-state index is -1.51. The molecule has 0 heterocycles. The summed E-state index contributed by atoms with van der Waals surface area (Å²) in [5.41, 5.74) is 1.05. The van der Waals surface area contributed by atoms with Crippen molar-refractivity contribution in [2.24, 2.45) is 0 Å². The molecule has 0 rings (SSSR count). The zero-order chi connectivity index (χ0) is 10.3. The van der Waals surface area contributed by atoms with Crippen LogP contribution in [0.15, 0.2) is 23.6 Å². The second-order valence-electron chi connectivity index (χ2n) is 2.88. The van der Waals surface area contributed by atoms with Crippen molar-refractivity contribution in [2.45, 2.75) is 26.4 Å². The van der Waals surface area contributed by atoms with E-state index in [-0.39, 0.29) is 0 Å². The van der Waals surface area contributed by atoms with E-state index in [9.17, 15) is 8.78 Å². The van der Waals surface area contributed by atoms with Crippen molar-refractivity contribution in [1.29, 1.82) is 0 Å². The molecule has 0 aliphatic heterocycles. The minimum absolute atomic E-state index is 0.709. The Balaban J connectivity index is 4.26. The molecule has 0 saturated carbocycles. The molecule has 0 fully saturated rings. The Bertz CT molecular complexity index is 195. The van der Waals surface area contributed by atoms with E-state index in [4.69, 9.17) is 0 Å². The summed E-state index contributed by atoms with van der Waals surface area (Å²) in [6.45, 7) is 3.87. The lowest BCUT2D eigenvalue weighted by molar-refractivity contribution is 0.350. The Labute approximate surface area is 78.5 Å². The molecule has 0 amide bonds. The van der Waals surface area contributed by atoms with Gasteiger partial charge < -0.3 is 5.32 Å². The average molecular weight is 189 g/mol. The summed E-state index contributed by atoms with van der Waals surface area (Å²) in [5.74, 6) is -0.720. The van der Waals surface area contributed by atoms with Crippen molar-refractivity contribution >= 4 is 0 Å². The van der Waals surface area contributed by atoms with Crippen molar-refractivity contribution in [1.82, 2.24) is 5.32 Å². The van der Waals surface area contributed by atoms with Gasteiger partial charge in [0.2, 0.25) is 0 Å². The quantitative estimate of drug-likeness (QED) is 0.656. The number of hydrogen-bond acceptors (Lipinski definition) is 1. The number of rotatable bonds is 5. The monoisotopic (exact) mass is 189 g/mol. The number of alkyl halides is 1. The molecule has 1 N–H and O–H groups in total. The zero-order valence-electron chi connectivity index (χ0n) is 8.40. The van der Waals surface area contributed by atoms with E-state index in [1.807, 2.05) is 14.0 Å². The molecule has 0 aliphatic rings. The van der Waals surface area contributed by atoms with Gasteiger partial charge in [-0.05, 0) is 26.5 Å². The fourth-order valence-electron chi connectivity index (χ4n) is 0.859. The fourth-order valence-corrected chi connectivity index (χ4v) is 0.859. The maximum absolute atomic E-state index is 12.7. The van der Waals surface area contributed by atoms with Gasteiger partial charge in [0, 0.05) is 6.54 Å². The molecule has 1 nitrogen and oxygen atoms in total. The first-order valence-electron chi connectivity index (χ1n) is 4.45. The average Bonchev–Trinajstić information content (AvgIpc) is 2.11. The van der Waals surface area contributed by atoms with Gasteiger partial charge in [0.05, 0.1) is 0 Å². The lowest BCUT2D eigenvalue weighted by Gasteiger charge is -2.01. The predicted molar refractivity (Wildman–Crippen MR) is 52.1 cm³/mol. The summed E-state index contributed by atoms with van der Waals surface area (Å²) in [7, 11) is 1.82. The molecule has 0 bridgehead atoms. The van der Waals surface area contributed by atoms with E-state index in [1.165, 1.54) is 13.0 Å². The molecule has 0 radical (unpaired) electrons. The van der Waals surface area contributed by atoms with Gasteiger partial charge in [-0.1, -0.05) is 18.6 Å². The highest BCUT2D eigenvalue weighted by Crippen LogP contribution is 2.09. The molecule has 13 heavy (non-hydrogen) atoms. The first-order valence-corrected chi connectivity index (χ1v) is 4.45. The second kappa shape index (κ2) is 6.78. The van der Waals surface area contributed by atoms with Crippen LogP contribution in [0.1, 0.15) is 20.3 Å². The first kappa shape index (κ1) is 12.3. The van der Waals surface area contributed by atoms with Crippen LogP contribution in [0.25, 0.3) is 0 Å². The molecular formula is C10H17F2N. The van der Waals surface area contributed by atoms with Gasteiger partial charge in [0.25, 0.3) is 0 Å². The lowest BCUT2D eigenvalue weighted by Crippen LogP contribution is -2.09. The van der Waals surface area contributed by atoms with Crippen LogP contribution in [-0.4, -0.2) is 19.8 Å². The minimum Gasteiger partial charge on any atom is -0.316 e. The van der Waals surface area contributed by atoms with Crippen LogP contribution in [0.5, 0.6) is 0 Å². The van der Waals surface area contributed by atoms with Gasteiger partial charge in [-0.2, -0.15) is 0 Å². The van der Waals surface area contributed by atoms with E-state index in [0.717, 1.165) is 12.0 Å². The highest BCUT2D eigenvalue weighted by Gasteiger charge is 2.03.